The second kappa shape index (κ2) is 5.45. The summed E-state index contributed by atoms with van der Waals surface area (Å²) in [7, 11) is 0. The van der Waals surface area contributed by atoms with Gasteiger partial charge in [-0.15, -0.1) is 0 Å². The zero-order valence-electron chi connectivity index (χ0n) is 8.91. The van der Waals surface area contributed by atoms with Gasteiger partial charge in [0.05, 0.1) is 0 Å². The van der Waals surface area contributed by atoms with Gasteiger partial charge in [-0.25, -0.2) is 0 Å². The Morgan fingerprint density at radius 1 is 0.812 bits per heavy atom. The molecule has 0 fully saturated rings. The van der Waals surface area contributed by atoms with E-state index < -0.39 is 0 Å². The van der Waals surface area contributed by atoms with E-state index in [2.05, 4.69) is 0 Å². The molecular formula is C14H14O2. The summed E-state index contributed by atoms with van der Waals surface area (Å²) in [6.07, 6.45) is -0.201. The Bertz CT molecular complexity index is 372. The van der Waals surface area contributed by atoms with Crippen LogP contribution in [0.4, 0.5) is 0 Å². The van der Waals surface area contributed by atoms with Crippen LogP contribution in [0.25, 0.3) is 0 Å². The number of hydrogen-bond acceptors (Lipinski definition) is 2. The molecule has 1 N–H and O–H groups in total. The predicted octanol–water partition coefficient (Wildman–Crippen LogP) is 2.74. The molecule has 2 aromatic rings. The maximum Gasteiger partial charge on any atom is 0.144 e. The molecule has 0 saturated carbocycles. The van der Waals surface area contributed by atoms with Crippen LogP contribution >= 0.6 is 0 Å². The molecule has 0 radical (unpaired) electrons. The van der Waals surface area contributed by atoms with E-state index in [9.17, 15) is 0 Å². The number of hydrogen-bond donors (Lipinski definition) is 1. The van der Waals surface area contributed by atoms with Crippen molar-refractivity contribution in [1.29, 1.82) is 0 Å². The third kappa shape index (κ3) is 2.48. The summed E-state index contributed by atoms with van der Waals surface area (Å²) >= 11 is 0. The summed E-state index contributed by atoms with van der Waals surface area (Å²) in [6, 6.07) is 19.8. The number of aliphatic hydroxyl groups excluding tert-OH is 1. The summed E-state index contributed by atoms with van der Waals surface area (Å²) in [5, 5.41) is 8.94. The van der Waals surface area contributed by atoms with Gasteiger partial charge in [0.2, 0.25) is 0 Å². The van der Waals surface area contributed by atoms with Crippen molar-refractivity contribution >= 4 is 0 Å². The molecule has 0 heterocycles. The van der Waals surface area contributed by atoms with Gasteiger partial charge >= 0.3 is 0 Å². The fourth-order valence-electron chi connectivity index (χ4n) is 1.72. The quantitative estimate of drug-likeness (QED) is 0.793. The Labute approximate surface area is 95.1 Å². The Kier molecular flexibility index (Phi) is 3.70. The normalized spacial score (nSPS) is 10.6. The fourth-order valence-corrected chi connectivity index (χ4v) is 1.72. The lowest BCUT2D eigenvalue weighted by Gasteiger charge is -2.17. The van der Waals surface area contributed by atoms with Crippen molar-refractivity contribution in [2.75, 3.05) is 6.79 Å². The van der Waals surface area contributed by atoms with Crippen LogP contribution < -0.4 is 0 Å². The van der Waals surface area contributed by atoms with Crippen LogP contribution in [0.5, 0.6) is 0 Å². The topological polar surface area (TPSA) is 29.5 Å². The van der Waals surface area contributed by atoms with Gasteiger partial charge in [0.1, 0.15) is 12.9 Å². The second-order valence-electron chi connectivity index (χ2n) is 3.50. The van der Waals surface area contributed by atoms with Gasteiger partial charge in [-0.3, -0.25) is 0 Å². The lowest BCUT2D eigenvalue weighted by Crippen LogP contribution is -2.06. The number of rotatable bonds is 4. The van der Waals surface area contributed by atoms with E-state index in [4.69, 9.17) is 9.84 Å². The number of benzene rings is 2. The number of aliphatic hydroxyl groups is 1. The molecule has 16 heavy (non-hydrogen) atoms. The fraction of sp³-hybridized carbons (Fsp3) is 0.143. The Morgan fingerprint density at radius 2 is 1.25 bits per heavy atom. The summed E-state index contributed by atoms with van der Waals surface area (Å²) in [6.45, 7) is -0.283. The van der Waals surface area contributed by atoms with Gasteiger partial charge in [-0.05, 0) is 11.1 Å². The molecule has 2 rings (SSSR count). The molecule has 0 amide bonds. The molecule has 0 aliphatic carbocycles. The van der Waals surface area contributed by atoms with Gasteiger partial charge in [-0.1, -0.05) is 60.7 Å². The lowest BCUT2D eigenvalue weighted by atomic mass is 10.0. The van der Waals surface area contributed by atoms with Crippen molar-refractivity contribution in [2.45, 2.75) is 6.10 Å². The molecule has 0 aliphatic heterocycles. The maximum atomic E-state index is 8.94. The molecule has 2 heteroatoms. The van der Waals surface area contributed by atoms with Crippen LogP contribution in [-0.2, 0) is 4.74 Å². The van der Waals surface area contributed by atoms with Gasteiger partial charge in [0.15, 0.2) is 0 Å². The summed E-state index contributed by atoms with van der Waals surface area (Å²) in [4.78, 5) is 0. The molecule has 2 nitrogen and oxygen atoms in total. The van der Waals surface area contributed by atoms with Gasteiger partial charge in [0.25, 0.3) is 0 Å². The Hall–Kier alpha value is -1.64. The second-order valence-corrected chi connectivity index (χ2v) is 3.50. The van der Waals surface area contributed by atoms with Crippen LogP contribution in [0.15, 0.2) is 60.7 Å². The molecule has 0 bridgehead atoms. The zero-order valence-corrected chi connectivity index (χ0v) is 8.91. The highest BCUT2D eigenvalue weighted by atomic mass is 16.6. The van der Waals surface area contributed by atoms with Gasteiger partial charge in [-0.2, -0.15) is 0 Å². The summed E-state index contributed by atoms with van der Waals surface area (Å²) < 4.78 is 5.37. The maximum absolute atomic E-state index is 8.94. The highest BCUT2D eigenvalue weighted by Gasteiger charge is 2.13. The minimum atomic E-state index is -0.283. The van der Waals surface area contributed by atoms with Crippen LogP contribution in [0.3, 0.4) is 0 Å². The Morgan fingerprint density at radius 3 is 1.62 bits per heavy atom. The first-order valence-electron chi connectivity index (χ1n) is 5.24. The standard InChI is InChI=1S/C14H14O2/c15-11-16-14(12-7-3-1-4-8-12)13-9-5-2-6-10-13/h1-10,14-15H,11H2. The third-order valence-electron chi connectivity index (χ3n) is 2.45. The molecular weight excluding hydrogens is 200 g/mol. The molecule has 0 spiro atoms. The van der Waals surface area contributed by atoms with Crippen LogP contribution in [0.1, 0.15) is 17.2 Å². The van der Waals surface area contributed by atoms with Crippen molar-refractivity contribution in [3.8, 4) is 0 Å². The highest BCUT2D eigenvalue weighted by Crippen LogP contribution is 2.25. The molecule has 2 aromatic carbocycles. The van der Waals surface area contributed by atoms with Crippen molar-refractivity contribution in [3.63, 3.8) is 0 Å². The van der Waals surface area contributed by atoms with Crippen molar-refractivity contribution in [1.82, 2.24) is 0 Å². The van der Waals surface area contributed by atoms with Crippen LogP contribution in [0, 0.1) is 0 Å². The first kappa shape index (κ1) is 10.9. The lowest BCUT2D eigenvalue weighted by molar-refractivity contribution is -0.0350. The third-order valence-corrected chi connectivity index (χ3v) is 2.45. The van der Waals surface area contributed by atoms with Crippen molar-refractivity contribution < 1.29 is 9.84 Å². The zero-order chi connectivity index (χ0) is 11.2. The van der Waals surface area contributed by atoms with Gasteiger partial charge in [0, 0.05) is 0 Å². The Balaban J connectivity index is 2.31. The minimum Gasteiger partial charge on any atom is -0.371 e. The monoisotopic (exact) mass is 214 g/mol. The molecule has 0 aromatic heterocycles. The SMILES string of the molecule is OCOC(c1ccccc1)c1ccccc1. The largest absolute Gasteiger partial charge is 0.371 e. The molecule has 0 unspecified atom stereocenters. The highest BCUT2D eigenvalue weighted by molar-refractivity contribution is 5.29. The van der Waals surface area contributed by atoms with Crippen molar-refractivity contribution in [3.05, 3.63) is 71.8 Å². The molecule has 0 atom stereocenters. The van der Waals surface area contributed by atoms with E-state index in [1.165, 1.54) is 0 Å². The first-order chi connectivity index (χ1) is 7.92. The predicted molar refractivity (Wildman–Crippen MR) is 62.9 cm³/mol. The first-order valence-corrected chi connectivity index (χ1v) is 5.24. The van der Waals surface area contributed by atoms with Crippen LogP contribution in [-0.4, -0.2) is 11.9 Å². The molecule has 0 saturated heterocycles. The van der Waals surface area contributed by atoms with Gasteiger partial charge < -0.3 is 9.84 Å². The number of ether oxygens (including phenoxy) is 1. The van der Waals surface area contributed by atoms with E-state index in [0.717, 1.165) is 11.1 Å². The van der Waals surface area contributed by atoms with Crippen molar-refractivity contribution in [2.24, 2.45) is 0 Å². The summed E-state index contributed by atoms with van der Waals surface area (Å²) in [5.74, 6) is 0. The van der Waals surface area contributed by atoms with Crippen LogP contribution in [0.2, 0.25) is 0 Å². The minimum absolute atomic E-state index is 0.201. The van der Waals surface area contributed by atoms with E-state index in [1.54, 1.807) is 0 Å². The average molecular weight is 214 g/mol. The van der Waals surface area contributed by atoms with E-state index in [-0.39, 0.29) is 12.9 Å². The van der Waals surface area contributed by atoms with E-state index in [0.29, 0.717) is 0 Å². The summed E-state index contributed by atoms with van der Waals surface area (Å²) in [5.41, 5.74) is 2.09. The molecule has 82 valence electrons. The van der Waals surface area contributed by atoms with E-state index >= 15 is 0 Å². The molecule has 0 aliphatic rings. The average Bonchev–Trinajstić information content (AvgIpc) is 2.38. The smallest absolute Gasteiger partial charge is 0.144 e. The van der Waals surface area contributed by atoms with E-state index in [1.807, 2.05) is 60.7 Å².